The maximum Gasteiger partial charge on any atom is 0.212 e. The Hall–Kier alpha value is -1.70. The van der Waals surface area contributed by atoms with Gasteiger partial charge in [-0.2, -0.15) is 4.57 Å². The molecule has 0 N–H and O–H groups in total. The van der Waals surface area contributed by atoms with Crippen molar-refractivity contribution in [1.29, 1.82) is 0 Å². The van der Waals surface area contributed by atoms with Gasteiger partial charge in [-0.25, -0.2) is 4.39 Å². The number of halogens is 1. The highest BCUT2D eigenvalue weighted by molar-refractivity contribution is 5.67. The number of aryl methyl sites for hydroxylation is 1. The van der Waals surface area contributed by atoms with Gasteiger partial charge in [-0.15, -0.1) is 0 Å². The van der Waals surface area contributed by atoms with Crippen molar-refractivity contribution in [3.8, 4) is 11.3 Å². The first-order valence-electron chi connectivity index (χ1n) is 10.2. The minimum Gasteiger partial charge on any atom is -0.250 e. The number of benzene rings is 1. The van der Waals surface area contributed by atoms with E-state index in [1.54, 1.807) is 0 Å². The molecule has 0 aliphatic carbocycles. The van der Waals surface area contributed by atoms with Gasteiger partial charge in [0.1, 0.15) is 13.7 Å². The van der Waals surface area contributed by atoms with Crippen LogP contribution < -0.4 is 4.57 Å². The summed E-state index contributed by atoms with van der Waals surface area (Å²) in [6.45, 7) is 8.53. The van der Waals surface area contributed by atoms with Crippen molar-refractivity contribution in [3.05, 3.63) is 53.2 Å². The Morgan fingerprint density at radius 2 is 1.81 bits per heavy atom. The van der Waals surface area contributed by atoms with Crippen LogP contribution in [0.2, 0.25) is 0 Å². The summed E-state index contributed by atoms with van der Waals surface area (Å²) in [5, 5.41) is 0. The third-order valence-electron chi connectivity index (χ3n) is 7.09. The zero-order valence-corrected chi connectivity index (χ0v) is 17.0. The summed E-state index contributed by atoms with van der Waals surface area (Å²) in [6, 6.07) is 13.3. The molecule has 2 unspecified atom stereocenters. The van der Waals surface area contributed by atoms with Crippen molar-refractivity contribution < 1.29 is 8.96 Å². The second-order valence-corrected chi connectivity index (χ2v) is 8.09. The molecule has 1 aliphatic heterocycles. The fraction of sp³-hybridized carbons (Fsp3) is 0.542. The van der Waals surface area contributed by atoms with Gasteiger partial charge in [-0.05, 0) is 48.9 Å². The smallest absolute Gasteiger partial charge is 0.212 e. The summed E-state index contributed by atoms with van der Waals surface area (Å²) in [6.07, 6.45) is 5.23. The molecule has 0 amide bonds. The molecule has 26 heavy (non-hydrogen) atoms. The van der Waals surface area contributed by atoms with Crippen molar-refractivity contribution in [2.24, 2.45) is 7.05 Å². The van der Waals surface area contributed by atoms with Crippen LogP contribution in [0.3, 0.4) is 0 Å². The number of fused-ring (bicyclic) bond motifs is 4. The summed E-state index contributed by atoms with van der Waals surface area (Å²) in [7, 11) is 2.11. The molecule has 0 fully saturated rings. The zero-order chi connectivity index (χ0) is 18.9. The first kappa shape index (κ1) is 19.1. The first-order chi connectivity index (χ1) is 12.5. The Balaban J connectivity index is 2.36. The van der Waals surface area contributed by atoms with E-state index in [2.05, 4.69) is 75.7 Å². The van der Waals surface area contributed by atoms with E-state index >= 15 is 0 Å². The van der Waals surface area contributed by atoms with Crippen LogP contribution in [0.5, 0.6) is 0 Å². The Labute approximate surface area is 158 Å². The quantitative estimate of drug-likeness (QED) is 0.576. The van der Waals surface area contributed by atoms with Gasteiger partial charge in [0.2, 0.25) is 5.69 Å². The minimum absolute atomic E-state index is 0.233. The molecule has 2 heteroatoms. The molecule has 1 nitrogen and oxygen atoms in total. The molecular formula is C24H33FN+. The van der Waals surface area contributed by atoms with Crippen LogP contribution in [-0.2, 0) is 24.3 Å². The molecule has 0 saturated heterocycles. The van der Waals surface area contributed by atoms with E-state index in [1.807, 2.05) is 0 Å². The molecule has 2 bridgehead atoms. The highest BCUT2D eigenvalue weighted by Gasteiger charge is 2.55. The number of unbranched alkanes of at least 4 members (excludes halogenated alkanes) is 1. The van der Waals surface area contributed by atoms with Crippen molar-refractivity contribution in [1.82, 2.24) is 0 Å². The highest BCUT2D eigenvalue weighted by atomic mass is 19.1. The SMILES string of the molecule is CCCCc1ccc2c(c1)-c1cccc([n+]1C)C(CC)(CF)C2(C)CC. The van der Waals surface area contributed by atoms with E-state index in [1.165, 1.54) is 35.2 Å². The van der Waals surface area contributed by atoms with Gasteiger partial charge in [0.25, 0.3) is 0 Å². The van der Waals surface area contributed by atoms with Crippen LogP contribution >= 0.6 is 0 Å². The van der Waals surface area contributed by atoms with Crippen molar-refractivity contribution in [3.63, 3.8) is 0 Å². The lowest BCUT2D eigenvalue weighted by Gasteiger charge is -2.44. The summed E-state index contributed by atoms with van der Waals surface area (Å²) >= 11 is 0. The van der Waals surface area contributed by atoms with Gasteiger partial charge >= 0.3 is 0 Å². The van der Waals surface area contributed by atoms with Gasteiger partial charge in [0.15, 0.2) is 5.69 Å². The normalized spacial score (nSPS) is 24.2. The van der Waals surface area contributed by atoms with E-state index in [-0.39, 0.29) is 12.1 Å². The molecule has 2 aromatic rings. The number of rotatable bonds is 6. The lowest BCUT2D eigenvalue weighted by atomic mass is 9.57. The molecule has 2 heterocycles. The lowest BCUT2D eigenvalue weighted by molar-refractivity contribution is -0.672. The molecule has 2 atom stereocenters. The van der Waals surface area contributed by atoms with Crippen LogP contribution in [-0.4, -0.2) is 6.67 Å². The van der Waals surface area contributed by atoms with Crippen molar-refractivity contribution >= 4 is 0 Å². The third-order valence-corrected chi connectivity index (χ3v) is 7.09. The fourth-order valence-electron chi connectivity index (χ4n) is 5.11. The zero-order valence-electron chi connectivity index (χ0n) is 17.0. The van der Waals surface area contributed by atoms with Gasteiger partial charge in [-0.3, -0.25) is 0 Å². The van der Waals surface area contributed by atoms with Crippen molar-refractivity contribution in [2.45, 2.75) is 70.6 Å². The second-order valence-electron chi connectivity index (χ2n) is 8.09. The van der Waals surface area contributed by atoms with Crippen LogP contribution in [0.1, 0.15) is 70.2 Å². The Kier molecular flexibility index (Phi) is 5.23. The number of pyridine rings is 1. The molecule has 0 saturated carbocycles. The standard InChI is InChI=1S/C24H33FN/c1-6-9-11-18-14-15-20-19(16-18)21-12-10-13-22(26(21)5)24(8-3,17-25)23(20,4)7-2/h10,12-16H,6-9,11,17H2,1-5H3/q+1. The molecule has 3 rings (SSSR count). The van der Waals surface area contributed by atoms with Crippen LogP contribution in [0.4, 0.5) is 4.39 Å². The summed E-state index contributed by atoms with van der Waals surface area (Å²) < 4.78 is 17.0. The summed E-state index contributed by atoms with van der Waals surface area (Å²) in [4.78, 5) is 0. The van der Waals surface area contributed by atoms with Gasteiger partial charge in [-0.1, -0.05) is 46.2 Å². The van der Waals surface area contributed by atoms with E-state index in [4.69, 9.17) is 0 Å². The number of hydrogen-bond donors (Lipinski definition) is 0. The predicted molar refractivity (Wildman–Crippen MR) is 107 cm³/mol. The Bertz CT molecular complexity index is 791. The van der Waals surface area contributed by atoms with E-state index in [9.17, 15) is 4.39 Å². The van der Waals surface area contributed by atoms with E-state index < -0.39 is 5.41 Å². The van der Waals surface area contributed by atoms with Crippen molar-refractivity contribution in [2.75, 3.05) is 6.67 Å². The first-order valence-corrected chi connectivity index (χ1v) is 10.2. The molecule has 1 aromatic heterocycles. The Morgan fingerprint density at radius 1 is 1.04 bits per heavy atom. The summed E-state index contributed by atoms with van der Waals surface area (Å²) in [5.74, 6) is 0. The number of alkyl halides is 1. The maximum absolute atomic E-state index is 14.8. The Morgan fingerprint density at radius 3 is 2.42 bits per heavy atom. The van der Waals surface area contributed by atoms with Crippen LogP contribution in [0.25, 0.3) is 11.3 Å². The van der Waals surface area contributed by atoms with E-state index in [0.717, 1.165) is 25.0 Å². The van der Waals surface area contributed by atoms with Gasteiger partial charge in [0, 0.05) is 17.5 Å². The second kappa shape index (κ2) is 7.13. The number of hydrogen-bond acceptors (Lipinski definition) is 0. The highest BCUT2D eigenvalue weighted by Crippen LogP contribution is 2.52. The third kappa shape index (κ3) is 2.52. The molecular weight excluding hydrogens is 321 g/mol. The maximum atomic E-state index is 14.8. The molecule has 140 valence electrons. The average molecular weight is 355 g/mol. The molecule has 1 aromatic carbocycles. The predicted octanol–water partition coefficient (Wildman–Crippen LogP) is 5.82. The lowest BCUT2D eigenvalue weighted by Crippen LogP contribution is -2.53. The van der Waals surface area contributed by atoms with Gasteiger partial charge in [0.05, 0.1) is 11.0 Å². The van der Waals surface area contributed by atoms with Gasteiger partial charge < -0.3 is 0 Å². The monoisotopic (exact) mass is 354 g/mol. The fourth-order valence-corrected chi connectivity index (χ4v) is 5.11. The average Bonchev–Trinajstić information content (AvgIpc) is 2.70. The molecule has 0 radical (unpaired) electrons. The molecule has 1 aliphatic rings. The largest absolute Gasteiger partial charge is 0.250 e. The summed E-state index contributed by atoms with van der Waals surface area (Å²) in [5.41, 5.74) is 5.58. The number of aromatic nitrogens is 1. The molecule has 0 spiro atoms. The van der Waals surface area contributed by atoms with E-state index in [0.29, 0.717) is 0 Å². The van der Waals surface area contributed by atoms with Crippen LogP contribution in [0, 0.1) is 0 Å². The van der Waals surface area contributed by atoms with Crippen LogP contribution in [0.15, 0.2) is 36.4 Å². The minimum atomic E-state index is -0.497. The topological polar surface area (TPSA) is 3.88 Å². The number of nitrogens with zero attached hydrogens (tertiary/aromatic N) is 1.